The molecule has 0 spiro atoms. The molecule has 2 fully saturated rings. The molecular formula is C15H27N3O2. The van der Waals surface area contributed by atoms with Crippen LogP contribution in [0, 0.1) is 5.92 Å². The van der Waals surface area contributed by atoms with E-state index in [1.165, 1.54) is 0 Å². The highest BCUT2D eigenvalue weighted by atomic mass is 16.2. The minimum Gasteiger partial charge on any atom is -0.356 e. The Hall–Kier alpha value is -1.10. The number of amides is 2. The Kier molecular flexibility index (Phi) is 5.02. The average molecular weight is 281 g/mol. The SMILES string of the molecule is CCC1(C(=O)N2CCC(CNC(C)=O)CC2)CCCN1. The summed E-state index contributed by atoms with van der Waals surface area (Å²) in [4.78, 5) is 25.7. The summed E-state index contributed by atoms with van der Waals surface area (Å²) in [5.74, 6) is 0.830. The quantitative estimate of drug-likeness (QED) is 0.804. The van der Waals surface area contributed by atoms with E-state index in [-0.39, 0.29) is 17.4 Å². The van der Waals surface area contributed by atoms with Crippen molar-refractivity contribution in [3.05, 3.63) is 0 Å². The third-order valence-electron chi connectivity index (χ3n) is 4.80. The molecule has 0 aromatic rings. The molecule has 1 unspecified atom stereocenters. The van der Waals surface area contributed by atoms with Crippen molar-refractivity contribution < 1.29 is 9.59 Å². The number of carbonyl (C=O) groups excluding carboxylic acids is 2. The highest BCUT2D eigenvalue weighted by molar-refractivity contribution is 5.86. The minimum atomic E-state index is -0.301. The fourth-order valence-electron chi connectivity index (χ4n) is 3.37. The van der Waals surface area contributed by atoms with Gasteiger partial charge in [-0.25, -0.2) is 0 Å². The zero-order chi connectivity index (χ0) is 14.6. The van der Waals surface area contributed by atoms with Crippen LogP contribution < -0.4 is 10.6 Å². The molecule has 2 amide bonds. The summed E-state index contributed by atoms with van der Waals surface area (Å²) < 4.78 is 0. The van der Waals surface area contributed by atoms with E-state index in [2.05, 4.69) is 17.6 Å². The fraction of sp³-hybridized carbons (Fsp3) is 0.867. The second-order valence-corrected chi connectivity index (χ2v) is 6.14. The van der Waals surface area contributed by atoms with Crippen molar-refractivity contribution in [2.75, 3.05) is 26.2 Å². The molecule has 114 valence electrons. The summed E-state index contributed by atoms with van der Waals surface area (Å²) in [5.41, 5.74) is -0.301. The summed E-state index contributed by atoms with van der Waals surface area (Å²) >= 11 is 0. The van der Waals surface area contributed by atoms with Gasteiger partial charge >= 0.3 is 0 Å². The molecule has 0 aromatic carbocycles. The van der Waals surface area contributed by atoms with Gasteiger partial charge in [-0.3, -0.25) is 9.59 Å². The van der Waals surface area contributed by atoms with Crippen LogP contribution in [0.1, 0.15) is 46.0 Å². The van der Waals surface area contributed by atoms with Crippen molar-refractivity contribution in [3.63, 3.8) is 0 Å². The number of piperidine rings is 1. The number of likely N-dealkylation sites (tertiary alicyclic amines) is 1. The van der Waals surface area contributed by atoms with Crippen LogP contribution in [0.4, 0.5) is 0 Å². The van der Waals surface area contributed by atoms with E-state index in [1.807, 2.05) is 4.90 Å². The Bertz CT molecular complexity index is 356. The zero-order valence-electron chi connectivity index (χ0n) is 12.7. The minimum absolute atomic E-state index is 0.0311. The van der Waals surface area contributed by atoms with Crippen LogP contribution >= 0.6 is 0 Å². The van der Waals surface area contributed by atoms with Gasteiger partial charge in [-0.15, -0.1) is 0 Å². The molecule has 20 heavy (non-hydrogen) atoms. The van der Waals surface area contributed by atoms with Crippen LogP contribution in [0.15, 0.2) is 0 Å². The Morgan fingerprint density at radius 1 is 1.35 bits per heavy atom. The standard InChI is InChI=1S/C15H27N3O2/c1-3-15(7-4-8-17-15)14(20)18-9-5-13(6-10-18)11-16-12(2)19/h13,17H,3-11H2,1-2H3,(H,16,19). The number of hydrogen-bond acceptors (Lipinski definition) is 3. The molecule has 2 saturated heterocycles. The Balaban J connectivity index is 1.84. The first-order valence-corrected chi connectivity index (χ1v) is 7.86. The van der Waals surface area contributed by atoms with Crippen LogP contribution in [0.2, 0.25) is 0 Å². The molecule has 0 saturated carbocycles. The van der Waals surface area contributed by atoms with E-state index in [0.29, 0.717) is 5.92 Å². The number of hydrogen-bond donors (Lipinski definition) is 2. The first-order chi connectivity index (χ1) is 9.57. The Morgan fingerprint density at radius 2 is 2.05 bits per heavy atom. The van der Waals surface area contributed by atoms with Gasteiger partial charge in [-0.05, 0) is 44.6 Å². The van der Waals surface area contributed by atoms with Crippen molar-refractivity contribution in [2.45, 2.75) is 51.5 Å². The molecular weight excluding hydrogens is 254 g/mol. The zero-order valence-corrected chi connectivity index (χ0v) is 12.7. The molecule has 2 aliphatic rings. The molecule has 5 nitrogen and oxygen atoms in total. The molecule has 2 aliphatic heterocycles. The highest BCUT2D eigenvalue weighted by Crippen LogP contribution is 2.27. The van der Waals surface area contributed by atoms with Crippen molar-refractivity contribution in [1.82, 2.24) is 15.5 Å². The first kappa shape index (κ1) is 15.3. The van der Waals surface area contributed by atoms with Gasteiger partial charge in [0, 0.05) is 26.6 Å². The molecule has 2 heterocycles. The molecule has 2 rings (SSSR count). The van der Waals surface area contributed by atoms with E-state index in [0.717, 1.165) is 58.3 Å². The molecule has 0 radical (unpaired) electrons. The lowest BCUT2D eigenvalue weighted by Gasteiger charge is -2.38. The summed E-state index contributed by atoms with van der Waals surface area (Å²) in [7, 11) is 0. The van der Waals surface area contributed by atoms with E-state index in [1.54, 1.807) is 6.92 Å². The third kappa shape index (κ3) is 3.32. The van der Waals surface area contributed by atoms with Gasteiger partial charge in [0.25, 0.3) is 0 Å². The predicted octanol–water partition coefficient (Wildman–Crippen LogP) is 0.893. The van der Waals surface area contributed by atoms with Gasteiger partial charge in [-0.2, -0.15) is 0 Å². The maximum absolute atomic E-state index is 12.7. The van der Waals surface area contributed by atoms with Gasteiger partial charge in [0.15, 0.2) is 0 Å². The Labute approximate surface area is 121 Å². The van der Waals surface area contributed by atoms with Crippen LogP contribution in [-0.4, -0.2) is 48.4 Å². The van der Waals surface area contributed by atoms with Gasteiger partial charge in [0.1, 0.15) is 0 Å². The number of carbonyl (C=O) groups is 2. The van der Waals surface area contributed by atoms with Crippen LogP contribution in [0.25, 0.3) is 0 Å². The van der Waals surface area contributed by atoms with E-state index < -0.39 is 0 Å². The molecule has 0 bridgehead atoms. The summed E-state index contributed by atoms with van der Waals surface area (Å²) in [6.45, 7) is 7.00. The number of nitrogens with one attached hydrogen (secondary N) is 2. The number of rotatable bonds is 4. The van der Waals surface area contributed by atoms with Gasteiger partial charge < -0.3 is 15.5 Å². The summed E-state index contributed by atoms with van der Waals surface area (Å²) in [6.07, 6.45) is 4.92. The van der Waals surface area contributed by atoms with Crippen molar-refractivity contribution in [1.29, 1.82) is 0 Å². The summed E-state index contributed by atoms with van der Waals surface area (Å²) in [6, 6.07) is 0. The second-order valence-electron chi connectivity index (χ2n) is 6.14. The first-order valence-electron chi connectivity index (χ1n) is 7.86. The number of nitrogens with zero attached hydrogens (tertiary/aromatic N) is 1. The fourth-order valence-corrected chi connectivity index (χ4v) is 3.37. The smallest absolute Gasteiger partial charge is 0.242 e. The predicted molar refractivity (Wildman–Crippen MR) is 78.2 cm³/mol. The molecule has 1 atom stereocenters. The van der Waals surface area contributed by atoms with Crippen LogP contribution in [0.5, 0.6) is 0 Å². The highest BCUT2D eigenvalue weighted by Gasteiger charge is 2.42. The lowest BCUT2D eigenvalue weighted by atomic mass is 9.90. The van der Waals surface area contributed by atoms with Crippen LogP contribution in [-0.2, 0) is 9.59 Å². The maximum atomic E-state index is 12.7. The van der Waals surface area contributed by atoms with Crippen molar-refractivity contribution >= 4 is 11.8 Å². The lowest BCUT2D eigenvalue weighted by Crippen LogP contribution is -2.56. The van der Waals surface area contributed by atoms with Gasteiger partial charge in [0.05, 0.1) is 5.54 Å². The topological polar surface area (TPSA) is 61.4 Å². The second kappa shape index (κ2) is 6.57. The van der Waals surface area contributed by atoms with Crippen LogP contribution in [0.3, 0.4) is 0 Å². The monoisotopic (exact) mass is 281 g/mol. The molecule has 0 aliphatic carbocycles. The van der Waals surface area contributed by atoms with E-state index in [9.17, 15) is 9.59 Å². The molecule has 2 N–H and O–H groups in total. The van der Waals surface area contributed by atoms with Gasteiger partial charge in [0.2, 0.25) is 11.8 Å². The normalized spacial score (nSPS) is 27.6. The molecule has 5 heteroatoms. The van der Waals surface area contributed by atoms with E-state index >= 15 is 0 Å². The van der Waals surface area contributed by atoms with Crippen molar-refractivity contribution in [2.24, 2.45) is 5.92 Å². The maximum Gasteiger partial charge on any atom is 0.242 e. The van der Waals surface area contributed by atoms with E-state index in [4.69, 9.17) is 0 Å². The molecule has 0 aromatic heterocycles. The third-order valence-corrected chi connectivity index (χ3v) is 4.80. The van der Waals surface area contributed by atoms with Gasteiger partial charge in [-0.1, -0.05) is 6.92 Å². The summed E-state index contributed by atoms with van der Waals surface area (Å²) in [5, 5.41) is 6.30. The Morgan fingerprint density at radius 3 is 2.55 bits per heavy atom. The lowest BCUT2D eigenvalue weighted by molar-refractivity contribution is -0.139. The average Bonchev–Trinajstić information content (AvgIpc) is 2.95. The largest absolute Gasteiger partial charge is 0.356 e. The van der Waals surface area contributed by atoms with Crippen molar-refractivity contribution in [3.8, 4) is 0 Å².